The molecule has 0 heterocycles. The number of allylic oxidation sites excluding steroid dienone is 3. The van der Waals surface area contributed by atoms with E-state index in [-0.39, 0.29) is 18.9 Å². The van der Waals surface area contributed by atoms with Gasteiger partial charge in [0.25, 0.3) is 5.70 Å². The molecule has 0 aromatic heterocycles. The van der Waals surface area contributed by atoms with E-state index >= 15 is 0 Å². The van der Waals surface area contributed by atoms with Gasteiger partial charge in [0.2, 0.25) is 0 Å². The molecule has 0 saturated heterocycles. The number of aliphatic hydroxyl groups excluding tert-OH is 2. The highest BCUT2D eigenvalue weighted by Crippen LogP contribution is 2.20. The Bertz CT molecular complexity index is 617. The molecule has 0 fully saturated rings. The first kappa shape index (κ1) is 19.2. The van der Waals surface area contributed by atoms with E-state index in [1.54, 1.807) is 12.1 Å². The Balaban J connectivity index is 2.69. The zero-order valence-corrected chi connectivity index (χ0v) is 13.2. The van der Waals surface area contributed by atoms with Gasteiger partial charge in [0.1, 0.15) is 0 Å². The number of hydrogen-bond acceptors (Lipinski definition) is 7. The molecule has 0 atom stereocenters. The van der Waals surface area contributed by atoms with Gasteiger partial charge in [-0.2, -0.15) is 10.2 Å². The van der Waals surface area contributed by atoms with Crippen LogP contribution in [0.2, 0.25) is 0 Å². The maximum Gasteiger partial charge on any atom is 0.268 e. The lowest BCUT2D eigenvalue weighted by Crippen LogP contribution is -2.29. The summed E-state index contributed by atoms with van der Waals surface area (Å²) in [7, 11) is 0. The topological polar surface area (TPSA) is 112 Å². The maximum atomic E-state index is 10.5. The molecule has 2 N–H and O–H groups in total. The Morgan fingerprint density at radius 3 is 2.38 bits per heavy atom. The third kappa shape index (κ3) is 6.51. The first-order valence-corrected chi connectivity index (χ1v) is 7.23. The molecule has 0 unspecified atom stereocenters. The molecule has 0 aliphatic rings. The molecule has 8 nitrogen and oxygen atoms in total. The minimum absolute atomic E-state index is 0.00336. The molecule has 1 aromatic carbocycles. The molecule has 1 rings (SSSR count). The minimum Gasteiger partial charge on any atom is -0.395 e. The van der Waals surface area contributed by atoms with E-state index < -0.39 is 4.92 Å². The van der Waals surface area contributed by atoms with E-state index in [0.29, 0.717) is 18.8 Å². The summed E-state index contributed by atoms with van der Waals surface area (Å²) >= 11 is 0. The predicted octanol–water partition coefficient (Wildman–Crippen LogP) is 2.42. The molecular formula is C16H20N4O4. The van der Waals surface area contributed by atoms with Gasteiger partial charge in [0, 0.05) is 37.1 Å². The molecule has 1 aromatic rings. The smallest absolute Gasteiger partial charge is 0.268 e. The summed E-state index contributed by atoms with van der Waals surface area (Å²) in [6, 6.07) is 7.12. The molecule has 0 aliphatic heterocycles. The van der Waals surface area contributed by atoms with E-state index in [1.807, 2.05) is 17.0 Å². The first-order chi connectivity index (χ1) is 11.6. The van der Waals surface area contributed by atoms with Gasteiger partial charge in [-0.3, -0.25) is 10.1 Å². The fourth-order valence-electron chi connectivity index (χ4n) is 1.83. The summed E-state index contributed by atoms with van der Waals surface area (Å²) < 4.78 is 0. The highest BCUT2D eigenvalue weighted by molar-refractivity contribution is 5.52. The van der Waals surface area contributed by atoms with Gasteiger partial charge in [-0.05, 0) is 30.3 Å². The van der Waals surface area contributed by atoms with Crippen molar-refractivity contribution >= 4 is 11.4 Å². The van der Waals surface area contributed by atoms with Crippen LogP contribution in [0.15, 0.2) is 71.2 Å². The third-order valence-electron chi connectivity index (χ3n) is 2.97. The fraction of sp³-hybridized carbons (Fsp3) is 0.250. The summed E-state index contributed by atoms with van der Waals surface area (Å²) in [4.78, 5) is 11.8. The molecule has 0 spiro atoms. The van der Waals surface area contributed by atoms with E-state index in [9.17, 15) is 10.1 Å². The summed E-state index contributed by atoms with van der Waals surface area (Å²) in [6.07, 6.45) is 5.16. The number of benzene rings is 1. The Morgan fingerprint density at radius 2 is 1.88 bits per heavy atom. The molecule has 0 saturated carbocycles. The predicted molar refractivity (Wildman–Crippen MR) is 91.8 cm³/mol. The molecule has 24 heavy (non-hydrogen) atoms. The molecular weight excluding hydrogens is 312 g/mol. The second-order valence-electron chi connectivity index (χ2n) is 4.56. The quantitative estimate of drug-likeness (QED) is 0.296. The van der Waals surface area contributed by atoms with Crippen LogP contribution in [-0.2, 0) is 0 Å². The highest BCUT2D eigenvalue weighted by atomic mass is 16.6. The van der Waals surface area contributed by atoms with Crippen molar-refractivity contribution < 1.29 is 15.1 Å². The van der Waals surface area contributed by atoms with Crippen LogP contribution >= 0.6 is 0 Å². The van der Waals surface area contributed by atoms with Crippen LogP contribution in [0.1, 0.15) is 0 Å². The molecule has 0 aliphatic carbocycles. The third-order valence-corrected chi connectivity index (χ3v) is 2.97. The lowest BCUT2D eigenvalue weighted by molar-refractivity contribution is -0.418. The van der Waals surface area contributed by atoms with Gasteiger partial charge in [0.05, 0.1) is 23.8 Å². The standard InChI is InChI=1S/C16H20N4O4/c1-2-15(20(23)24)4-3-9-17-18-14-5-7-16(8-6-14)19(10-12-21)11-13-22/h2-9,21-22H,1,10-13H2/b9-3+,15-4+,18-17?. The normalized spacial score (nSPS) is 12.0. The van der Waals surface area contributed by atoms with Crippen LogP contribution in [0.3, 0.4) is 0 Å². The lowest BCUT2D eigenvalue weighted by Gasteiger charge is -2.22. The number of aliphatic hydroxyl groups is 2. The van der Waals surface area contributed by atoms with Crippen molar-refractivity contribution in [3.8, 4) is 0 Å². The number of azo groups is 1. The van der Waals surface area contributed by atoms with E-state index in [2.05, 4.69) is 16.8 Å². The van der Waals surface area contributed by atoms with E-state index in [0.717, 1.165) is 11.8 Å². The number of anilines is 1. The highest BCUT2D eigenvalue weighted by Gasteiger charge is 2.04. The first-order valence-electron chi connectivity index (χ1n) is 7.23. The fourth-order valence-corrected chi connectivity index (χ4v) is 1.83. The molecule has 0 radical (unpaired) electrons. The van der Waals surface area contributed by atoms with Crippen LogP contribution in [0.5, 0.6) is 0 Å². The Labute approximate surface area is 139 Å². The number of rotatable bonds is 10. The van der Waals surface area contributed by atoms with Crippen molar-refractivity contribution in [2.45, 2.75) is 0 Å². The van der Waals surface area contributed by atoms with Crippen molar-refractivity contribution in [1.82, 2.24) is 0 Å². The van der Waals surface area contributed by atoms with E-state index in [4.69, 9.17) is 10.2 Å². The van der Waals surface area contributed by atoms with Gasteiger partial charge in [-0.1, -0.05) is 6.58 Å². The van der Waals surface area contributed by atoms with Crippen LogP contribution in [0.25, 0.3) is 0 Å². The van der Waals surface area contributed by atoms with Gasteiger partial charge in [-0.15, -0.1) is 0 Å². The summed E-state index contributed by atoms with van der Waals surface area (Å²) in [5.74, 6) is 0. The minimum atomic E-state index is -0.544. The average Bonchev–Trinajstić information content (AvgIpc) is 2.58. The van der Waals surface area contributed by atoms with Gasteiger partial charge >= 0.3 is 0 Å². The number of nitro groups is 1. The van der Waals surface area contributed by atoms with Gasteiger partial charge < -0.3 is 15.1 Å². The second kappa shape index (κ2) is 10.8. The second-order valence-corrected chi connectivity index (χ2v) is 4.56. The van der Waals surface area contributed by atoms with E-state index in [1.165, 1.54) is 18.4 Å². The Kier molecular flexibility index (Phi) is 8.65. The van der Waals surface area contributed by atoms with Crippen molar-refractivity contribution in [2.75, 3.05) is 31.2 Å². The number of hydrogen-bond donors (Lipinski definition) is 2. The summed E-state index contributed by atoms with van der Waals surface area (Å²) in [5.41, 5.74) is 1.34. The Morgan fingerprint density at radius 1 is 1.25 bits per heavy atom. The van der Waals surface area contributed by atoms with Crippen molar-refractivity contribution in [2.24, 2.45) is 10.2 Å². The lowest BCUT2D eigenvalue weighted by atomic mass is 10.2. The maximum absolute atomic E-state index is 10.5. The van der Waals surface area contributed by atoms with Crippen LogP contribution in [0, 0.1) is 10.1 Å². The van der Waals surface area contributed by atoms with Crippen molar-refractivity contribution in [1.29, 1.82) is 0 Å². The van der Waals surface area contributed by atoms with Crippen LogP contribution in [0.4, 0.5) is 11.4 Å². The van der Waals surface area contributed by atoms with Gasteiger partial charge in [-0.25, -0.2) is 0 Å². The van der Waals surface area contributed by atoms with Crippen LogP contribution < -0.4 is 4.90 Å². The molecule has 0 bridgehead atoms. The molecule has 0 amide bonds. The summed E-state index contributed by atoms with van der Waals surface area (Å²) in [5, 5.41) is 36.3. The zero-order chi connectivity index (χ0) is 17.8. The zero-order valence-electron chi connectivity index (χ0n) is 13.2. The van der Waals surface area contributed by atoms with Crippen molar-refractivity contribution in [3.05, 3.63) is 71.1 Å². The average molecular weight is 332 g/mol. The van der Waals surface area contributed by atoms with Crippen LogP contribution in [-0.4, -0.2) is 41.4 Å². The monoisotopic (exact) mass is 332 g/mol. The Hall–Kier alpha value is -2.84. The van der Waals surface area contributed by atoms with Crippen molar-refractivity contribution in [3.63, 3.8) is 0 Å². The molecule has 8 heteroatoms. The summed E-state index contributed by atoms with van der Waals surface area (Å²) in [6.45, 7) is 4.20. The molecule has 128 valence electrons. The van der Waals surface area contributed by atoms with Gasteiger partial charge in [0.15, 0.2) is 0 Å². The number of nitrogens with zero attached hydrogens (tertiary/aromatic N) is 4. The largest absolute Gasteiger partial charge is 0.395 e. The SMILES string of the molecule is C=C/C(=C\C=C\N=Nc1ccc(N(CCO)CCO)cc1)[N+](=O)[O-].